The first-order valence-electron chi connectivity index (χ1n) is 7.04. The first kappa shape index (κ1) is 16.5. The van der Waals surface area contributed by atoms with Crippen LogP contribution in [0.5, 0.6) is 0 Å². The van der Waals surface area contributed by atoms with Crippen LogP contribution in [0.3, 0.4) is 0 Å². The van der Waals surface area contributed by atoms with Crippen molar-refractivity contribution in [2.24, 2.45) is 17.8 Å². The van der Waals surface area contributed by atoms with Crippen molar-refractivity contribution in [2.75, 3.05) is 13.1 Å². The molecule has 0 aliphatic rings. The summed E-state index contributed by atoms with van der Waals surface area (Å²) in [5.74, 6) is 1.45. The molecule has 0 amide bonds. The van der Waals surface area contributed by atoms with Gasteiger partial charge in [0.15, 0.2) is 0 Å². The highest BCUT2D eigenvalue weighted by atomic mass is 35.5. The minimum absolute atomic E-state index is 0.218. The molecular formula is C16H25ClFN. The number of rotatable bonds is 7. The van der Waals surface area contributed by atoms with E-state index >= 15 is 0 Å². The molecule has 19 heavy (non-hydrogen) atoms. The summed E-state index contributed by atoms with van der Waals surface area (Å²) in [4.78, 5) is 0. The zero-order valence-corrected chi connectivity index (χ0v) is 13.1. The first-order chi connectivity index (χ1) is 8.90. The molecular weight excluding hydrogens is 261 g/mol. The highest BCUT2D eigenvalue weighted by Gasteiger charge is 2.14. The molecule has 1 aromatic rings. The van der Waals surface area contributed by atoms with Gasteiger partial charge in [-0.05, 0) is 55.0 Å². The van der Waals surface area contributed by atoms with E-state index in [1.807, 2.05) is 6.07 Å². The molecule has 1 rings (SSSR count). The van der Waals surface area contributed by atoms with Gasteiger partial charge >= 0.3 is 0 Å². The number of benzene rings is 1. The predicted molar refractivity (Wildman–Crippen MR) is 81.1 cm³/mol. The van der Waals surface area contributed by atoms with E-state index in [9.17, 15) is 4.39 Å². The van der Waals surface area contributed by atoms with Crippen LogP contribution in [-0.4, -0.2) is 13.1 Å². The summed E-state index contributed by atoms with van der Waals surface area (Å²) in [5, 5.41) is 3.72. The van der Waals surface area contributed by atoms with Crippen molar-refractivity contribution in [2.45, 2.75) is 34.1 Å². The molecule has 0 aliphatic heterocycles. The smallest absolute Gasteiger partial charge is 0.141 e. The third-order valence-corrected chi connectivity index (χ3v) is 3.67. The van der Waals surface area contributed by atoms with E-state index < -0.39 is 0 Å². The number of hydrogen-bond donors (Lipinski definition) is 1. The van der Waals surface area contributed by atoms with E-state index in [1.54, 1.807) is 6.07 Å². The Morgan fingerprint density at radius 3 is 2.37 bits per heavy atom. The molecule has 1 unspecified atom stereocenters. The second kappa shape index (κ2) is 7.86. The van der Waals surface area contributed by atoms with Gasteiger partial charge in [-0.25, -0.2) is 4.39 Å². The van der Waals surface area contributed by atoms with Gasteiger partial charge in [0, 0.05) is 0 Å². The highest BCUT2D eigenvalue weighted by Crippen LogP contribution is 2.21. The van der Waals surface area contributed by atoms with Crippen molar-refractivity contribution in [1.29, 1.82) is 0 Å². The molecule has 0 saturated heterocycles. The number of hydrogen-bond acceptors (Lipinski definition) is 1. The summed E-state index contributed by atoms with van der Waals surface area (Å²) in [7, 11) is 0. The fourth-order valence-corrected chi connectivity index (χ4v) is 2.27. The number of halogens is 2. The number of nitrogens with one attached hydrogen (secondary N) is 1. The Labute approximate surface area is 121 Å². The van der Waals surface area contributed by atoms with Crippen LogP contribution in [0.4, 0.5) is 4.39 Å². The van der Waals surface area contributed by atoms with Crippen molar-refractivity contribution in [3.63, 3.8) is 0 Å². The molecule has 0 bridgehead atoms. The maximum atomic E-state index is 13.1. The normalized spacial score (nSPS) is 13.3. The molecule has 1 atom stereocenters. The summed E-state index contributed by atoms with van der Waals surface area (Å²) < 4.78 is 13.1. The van der Waals surface area contributed by atoms with Gasteiger partial charge in [0.1, 0.15) is 5.82 Å². The Morgan fingerprint density at radius 2 is 1.84 bits per heavy atom. The van der Waals surface area contributed by atoms with Gasteiger partial charge in [0.25, 0.3) is 0 Å². The van der Waals surface area contributed by atoms with Gasteiger partial charge in [-0.2, -0.15) is 0 Å². The van der Waals surface area contributed by atoms with Gasteiger partial charge in [0.05, 0.1) is 5.02 Å². The zero-order valence-electron chi connectivity index (χ0n) is 12.3. The molecule has 0 saturated carbocycles. The molecule has 1 N–H and O–H groups in total. The van der Waals surface area contributed by atoms with Crippen molar-refractivity contribution < 1.29 is 4.39 Å². The van der Waals surface area contributed by atoms with Crippen LogP contribution in [0.15, 0.2) is 18.2 Å². The third kappa shape index (κ3) is 5.92. The van der Waals surface area contributed by atoms with Crippen LogP contribution in [0.2, 0.25) is 5.02 Å². The van der Waals surface area contributed by atoms with Gasteiger partial charge < -0.3 is 5.32 Å². The van der Waals surface area contributed by atoms with Crippen molar-refractivity contribution in [3.05, 3.63) is 34.6 Å². The Balaban J connectivity index is 2.59. The SMILES string of the molecule is CC(C)CNCC(Cc1ccc(F)c(Cl)c1)C(C)C. The molecule has 0 spiro atoms. The van der Waals surface area contributed by atoms with Crippen molar-refractivity contribution >= 4 is 11.6 Å². The summed E-state index contributed by atoms with van der Waals surface area (Å²) in [6.07, 6.45) is 0.933. The van der Waals surface area contributed by atoms with Crippen LogP contribution in [0.1, 0.15) is 33.3 Å². The van der Waals surface area contributed by atoms with Gasteiger partial charge in [0.2, 0.25) is 0 Å². The van der Waals surface area contributed by atoms with E-state index in [-0.39, 0.29) is 10.8 Å². The lowest BCUT2D eigenvalue weighted by molar-refractivity contribution is 0.352. The van der Waals surface area contributed by atoms with Crippen LogP contribution < -0.4 is 5.32 Å². The average Bonchev–Trinajstić information content (AvgIpc) is 2.32. The topological polar surface area (TPSA) is 12.0 Å². The average molecular weight is 286 g/mol. The summed E-state index contributed by atoms with van der Waals surface area (Å²) in [6.45, 7) is 10.9. The quantitative estimate of drug-likeness (QED) is 0.775. The lowest BCUT2D eigenvalue weighted by atomic mass is 9.89. The Morgan fingerprint density at radius 1 is 1.16 bits per heavy atom. The van der Waals surface area contributed by atoms with Gasteiger partial charge in [-0.3, -0.25) is 0 Å². The van der Waals surface area contributed by atoms with Crippen LogP contribution in [0, 0.1) is 23.6 Å². The highest BCUT2D eigenvalue weighted by molar-refractivity contribution is 6.30. The summed E-state index contributed by atoms with van der Waals surface area (Å²) in [6, 6.07) is 5.03. The van der Waals surface area contributed by atoms with E-state index in [4.69, 9.17) is 11.6 Å². The lowest BCUT2D eigenvalue weighted by Gasteiger charge is -2.22. The standard InChI is InChI=1S/C16H25ClFN/c1-11(2)9-19-10-14(12(3)4)7-13-5-6-16(18)15(17)8-13/h5-6,8,11-12,14,19H,7,9-10H2,1-4H3. The van der Waals surface area contributed by atoms with E-state index in [0.717, 1.165) is 25.1 Å². The second-order valence-corrected chi connectivity index (χ2v) is 6.42. The molecule has 0 aromatic heterocycles. The minimum Gasteiger partial charge on any atom is -0.316 e. The van der Waals surface area contributed by atoms with Gasteiger partial charge in [-0.15, -0.1) is 0 Å². The van der Waals surface area contributed by atoms with Crippen LogP contribution in [0.25, 0.3) is 0 Å². The Kier molecular flexibility index (Phi) is 6.81. The van der Waals surface area contributed by atoms with Gasteiger partial charge in [-0.1, -0.05) is 45.4 Å². The summed E-state index contributed by atoms with van der Waals surface area (Å²) in [5.41, 5.74) is 1.11. The monoisotopic (exact) mass is 285 g/mol. The van der Waals surface area contributed by atoms with Crippen LogP contribution >= 0.6 is 11.6 Å². The summed E-state index contributed by atoms with van der Waals surface area (Å²) >= 11 is 5.83. The maximum absolute atomic E-state index is 13.1. The maximum Gasteiger partial charge on any atom is 0.141 e. The molecule has 3 heteroatoms. The third-order valence-electron chi connectivity index (χ3n) is 3.38. The van der Waals surface area contributed by atoms with Crippen LogP contribution in [-0.2, 0) is 6.42 Å². The fraction of sp³-hybridized carbons (Fsp3) is 0.625. The molecule has 0 aliphatic carbocycles. The molecule has 108 valence electrons. The first-order valence-corrected chi connectivity index (χ1v) is 7.42. The van der Waals surface area contributed by atoms with Crippen molar-refractivity contribution in [3.8, 4) is 0 Å². The molecule has 1 nitrogen and oxygen atoms in total. The lowest BCUT2D eigenvalue weighted by Crippen LogP contribution is -2.30. The molecule has 0 heterocycles. The zero-order chi connectivity index (χ0) is 14.4. The largest absolute Gasteiger partial charge is 0.316 e. The van der Waals surface area contributed by atoms with E-state index in [1.165, 1.54) is 6.07 Å². The van der Waals surface area contributed by atoms with Crippen molar-refractivity contribution in [1.82, 2.24) is 5.32 Å². The molecule has 0 fully saturated rings. The Hall–Kier alpha value is -0.600. The Bertz CT molecular complexity index is 390. The molecule has 1 aromatic carbocycles. The van der Waals surface area contributed by atoms with E-state index in [2.05, 4.69) is 33.0 Å². The minimum atomic E-state index is -0.343. The second-order valence-electron chi connectivity index (χ2n) is 6.01. The predicted octanol–water partition coefficient (Wildman–Crippen LogP) is 4.54. The molecule has 0 radical (unpaired) electrons. The van der Waals surface area contributed by atoms with E-state index in [0.29, 0.717) is 17.8 Å². The fourth-order valence-electron chi connectivity index (χ4n) is 2.07.